The highest BCUT2D eigenvalue weighted by atomic mass is 16.5. The molecule has 25 heavy (non-hydrogen) atoms. The van der Waals surface area contributed by atoms with E-state index >= 15 is 0 Å². The number of benzene rings is 1. The molecule has 0 aromatic heterocycles. The maximum Gasteiger partial charge on any atom is 0.124 e. The van der Waals surface area contributed by atoms with Crippen LogP contribution in [-0.4, -0.2) is 78.7 Å². The number of rotatable bonds is 8. The quantitative estimate of drug-likeness (QED) is 0.732. The van der Waals surface area contributed by atoms with Crippen LogP contribution in [0, 0.1) is 0 Å². The van der Waals surface area contributed by atoms with Crippen molar-refractivity contribution in [2.75, 3.05) is 46.4 Å². The summed E-state index contributed by atoms with van der Waals surface area (Å²) in [6.07, 6.45) is 2.10. The van der Waals surface area contributed by atoms with Gasteiger partial charge in [-0.15, -0.1) is 0 Å². The van der Waals surface area contributed by atoms with E-state index in [-0.39, 0.29) is 12.7 Å². The largest absolute Gasteiger partial charge is 0.497 e. The third kappa shape index (κ3) is 5.31. The van der Waals surface area contributed by atoms with Crippen LogP contribution in [0.3, 0.4) is 0 Å². The molecule has 2 aliphatic rings. The van der Waals surface area contributed by atoms with Crippen molar-refractivity contribution in [1.82, 2.24) is 9.80 Å². The van der Waals surface area contributed by atoms with Gasteiger partial charge in [0.25, 0.3) is 0 Å². The number of likely N-dealkylation sites (tertiary alicyclic amines) is 2. The van der Waals surface area contributed by atoms with Crippen molar-refractivity contribution < 1.29 is 19.7 Å². The van der Waals surface area contributed by atoms with Gasteiger partial charge in [0.15, 0.2) is 0 Å². The van der Waals surface area contributed by atoms with Crippen LogP contribution < -0.4 is 9.47 Å². The fourth-order valence-corrected chi connectivity index (χ4v) is 3.37. The minimum atomic E-state index is -0.533. The molecule has 1 atom stereocenters. The van der Waals surface area contributed by atoms with E-state index in [4.69, 9.17) is 9.47 Å². The van der Waals surface area contributed by atoms with E-state index in [2.05, 4.69) is 9.80 Å². The molecule has 0 spiro atoms. The number of ether oxygens (including phenoxy) is 2. The van der Waals surface area contributed by atoms with Gasteiger partial charge in [-0.1, -0.05) is 0 Å². The monoisotopic (exact) mass is 350 g/mol. The van der Waals surface area contributed by atoms with Crippen LogP contribution in [0.1, 0.15) is 24.8 Å². The fourth-order valence-electron chi connectivity index (χ4n) is 3.37. The first kappa shape index (κ1) is 18.5. The van der Waals surface area contributed by atoms with Gasteiger partial charge in [-0.2, -0.15) is 0 Å². The summed E-state index contributed by atoms with van der Waals surface area (Å²) >= 11 is 0. The summed E-state index contributed by atoms with van der Waals surface area (Å²) in [5.74, 6) is 1.65. The van der Waals surface area contributed by atoms with Crippen LogP contribution >= 0.6 is 0 Å². The van der Waals surface area contributed by atoms with Gasteiger partial charge in [0.05, 0.1) is 13.2 Å². The molecule has 0 saturated carbocycles. The molecule has 140 valence electrons. The molecule has 2 N–H and O–H groups in total. The van der Waals surface area contributed by atoms with Gasteiger partial charge < -0.3 is 24.6 Å². The normalized spacial score (nSPS) is 20.9. The van der Waals surface area contributed by atoms with Crippen molar-refractivity contribution in [3.8, 4) is 11.5 Å². The zero-order chi connectivity index (χ0) is 17.6. The number of β-amino-alcohol motifs (C(OH)–C–C–N with tert-alkyl or cyclic N) is 1. The maximum absolute atomic E-state index is 10.3. The lowest BCUT2D eigenvalue weighted by Gasteiger charge is -2.32. The second-order valence-electron chi connectivity index (χ2n) is 7.10. The van der Waals surface area contributed by atoms with E-state index in [1.54, 1.807) is 7.11 Å². The topological polar surface area (TPSA) is 65.4 Å². The number of aliphatic hydroxyl groups excluding tert-OH is 2. The van der Waals surface area contributed by atoms with E-state index in [1.807, 2.05) is 18.2 Å². The lowest BCUT2D eigenvalue weighted by atomic mass is 10.1. The average Bonchev–Trinajstić information content (AvgIpc) is 2.58. The third-order valence-electron chi connectivity index (χ3n) is 5.07. The summed E-state index contributed by atoms with van der Waals surface area (Å²) in [6, 6.07) is 5.84. The fraction of sp³-hybridized carbons (Fsp3) is 0.684. The first-order chi connectivity index (χ1) is 12.1. The van der Waals surface area contributed by atoms with Gasteiger partial charge in [0, 0.05) is 31.7 Å². The number of hydrogen-bond acceptors (Lipinski definition) is 6. The van der Waals surface area contributed by atoms with Crippen molar-refractivity contribution in [2.24, 2.45) is 0 Å². The second kappa shape index (κ2) is 8.85. The van der Waals surface area contributed by atoms with Gasteiger partial charge in [0.1, 0.15) is 24.2 Å². The summed E-state index contributed by atoms with van der Waals surface area (Å²) in [5, 5.41) is 19.9. The minimum absolute atomic E-state index is 0.187. The third-order valence-corrected chi connectivity index (χ3v) is 5.07. The maximum atomic E-state index is 10.3. The Hall–Kier alpha value is -1.34. The summed E-state index contributed by atoms with van der Waals surface area (Å²) in [4.78, 5) is 4.56. The predicted molar refractivity (Wildman–Crippen MR) is 96.1 cm³/mol. The van der Waals surface area contributed by atoms with Crippen molar-refractivity contribution in [3.05, 3.63) is 23.8 Å². The second-order valence-corrected chi connectivity index (χ2v) is 7.10. The number of hydrogen-bond donors (Lipinski definition) is 2. The van der Waals surface area contributed by atoms with Gasteiger partial charge in [-0.05, 0) is 50.6 Å². The molecule has 6 nitrogen and oxygen atoms in total. The molecule has 2 heterocycles. The minimum Gasteiger partial charge on any atom is -0.497 e. The lowest BCUT2D eigenvalue weighted by molar-refractivity contribution is 0.0334. The lowest BCUT2D eigenvalue weighted by Crippen LogP contribution is -2.42. The highest BCUT2D eigenvalue weighted by molar-refractivity contribution is 5.40. The molecule has 0 aliphatic carbocycles. The van der Waals surface area contributed by atoms with Crippen LogP contribution in [0.4, 0.5) is 0 Å². The number of methoxy groups -OCH3 is 1. The number of nitrogens with zero attached hydrogens (tertiary/aromatic N) is 2. The van der Waals surface area contributed by atoms with Crippen LogP contribution in [0.2, 0.25) is 0 Å². The Balaban J connectivity index is 1.52. The smallest absolute Gasteiger partial charge is 0.124 e. The SMILES string of the molecule is COc1ccc(OC[C@H](O)CN2CCC(O)CC2)c(CN2CCC2)c1. The van der Waals surface area contributed by atoms with E-state index in [1.165, 1.54) is 6.42 Å². The highest BCUT2D eigenvalue weighted by Gasteiger charge is 2.20. The molecule has 2 aliphatic heterocycles. The zero-order valence-corrected chi connectivity index (χ0v) is 15.1. The van der Waals surface area contributed by atoms with Crippen LogP contribution in [-0.2, 0) is 6.54 Å². The molecular formula is C19H30N2O4. The van der Waals surface area contributed by atoms with Crippen molar-refractivity contribution in [1.29, 1.82) is 0 Å². The van der Waals surface area contributed by atoms with Crippen LogP contribution in [0.15, 0.2) is 18.2 Å². The first-order valence-electron chi connectivity index (χ1n) is 9.24. The number of aliphatic hydroxyl groups is 2. The molecular weight excluding hydrogens is 320 g/mol. The van der Waals surface area contributed by atoms with E-state index in [9.17, 15) is 10.2 Å². The molecule has 1 aromatic rings. The Morgan fingerprint density at radius 3 is 2.56 bits per heavy atom. The zero-order valence-electron chi connectivity index (χ0n) is 15.1. The molecule has 1 aromatic carbocycles. The van der Waals surface area contributed by atoms with Crippen LogP contribution in [0.25, 0.3) is 0 Å². The van der Waals surface area contributed by atoms with Crippen molar-refractivity contribution in [3.63, 3.8) is 0 Å². The van der Waals surface area contributed by atoms with Gasteiger partial charge in [-0.25, -0.2) is 0 Å². The van der Waals surface area contributed by atoms with E-state index in [0.29, 0.717) is 6.54 Å². The van der Waals surface area contributed by atoms with E-state index < -0.39 is 6.10 Å². The van der Waals surface area contributed by atoms with Gasteiger partial charge >= 0.3 is 0 Å². The van der Waals surface area contributed by atoms with Gasteiger partial charge in [0.2, 0.25) is 0 Å². The molecule has 0 bridgehead atoms. The Kier molecular flexibility index (Phi) is 6.53. The van der Waals surface area contributed by atoms with Crippen molar-refractivity contribution in [2.45, 2.75) is 38.0 Å². The average molecular weight is 350 g/mol. The summed E-state index contributed by atoms with van der Waals surface area (Å²) in [5.41, 5.74) is 1.10. The Labute approximate surface area is 149 Å². The summed E-state index contributed by atoms with van der Waals surface area (Å²) < 4.78 is 11.2. The number of piperidine rings is 1. The standard InChI is InChI=1S/C19H30N2O4/c1-24-18-3-4-19(15(11-18)12-20-7-2-8-20)25-14-17(23)13-21-9-5-16(22)6-10-21/h3-4,11,16-17,22-23H,2,5-10,12-14H2,1H3/t17-/m1/s1. The van der Waals surface area contributed by atoms with Crippen LogP contribution in [0.5, 0.6) is 11.5 Å². The summed E-state index contributed by atoms with van der Waals surface area (Å²) in [7, 11) is 1.67. The molecule has 0 unspecified atom stereocenters. The first-order valence-corrected chi connectivity index (χ1v) is 9.24. The molecule has 6 heteroatoms. The molecule has 0 amide bonds. The molecule has 2 fully saturated rings. The Morgan fingerprint density at radius 2 is 1.92 bits per heavy atom. The molecule has 0 radical (unpaired) electrons. The Bertz CT molecular complexity index is 542. The Morgan fingerprint density at radius 1 is 1.16 bits per heavy atom. The van der Waals surface area contributed by atoms with E-state index in [0.717, 1.165) is 62.6 Å². The highest BCUT2D eigenvalue weighted by Crippen LogP contribution is 2.27. The van der Waals surface area contributed by atoms with Crippen molar-refractivity contribution >= 4 is 0 Å². The molecule has 3 rings (SSSR count). The molecule has 2 saturated heterocycles. The predicted octanol–water partition coefficient (Wildman–Crippen LogP) is 1.10. The van der Waals surface area contributed by atoms with Gasteiger partial charge in [-0.3, -0.25) is 4.90 Å². The summed E-state index contributed by atoms with van der Waals surface area (Å²) in [6.45, 7) is 5.64.